The minimum Gasteiger partial charge on any atom is -0.359 e. The minimum atomic E-state index is -0.724. The molecule has 0 radical (unpaired) electrons. The van der Waals surface area contributed by atoms with Crippen LogP contribution in [0.2, 0.25) is 0 Å². The first kappa shape index (κ1) is 21.5. The Morgan fingerprint density at radius 1 is 0.917 bits per heavy atom. The number of hydrogen-bond donors (Lipinski definition) is 0. The van der Waals surface area contributed by atoms with Crippen molar-refractivity contribution in [1.82, 2.24) is 0 Å². The van der Waals surface area contributed by atoms with Crippen molar-refractivity contribution in [2.24, 2.45) is 0 Å². The summed E-state index contributed by atoms with van der Waals surface area (Å²) in [5, 5.41) is -0.724. The van der Waals surface area contributed by atoms with Crippen molar-refractivity contribution in [3.8, 4) is 0 Å². The molecule has 0 aromatic heterocycles. The Bertz CT molecular complexity index is 453. The van der Waals surface area contributed by atoms with Gasteiger partial charge in [0.2, 0.25) is 0 Å². The molecule has 138 valence electrons. The molecule has 0 aliphatic carbocycles. The first-order valence-electron chi connectivity index (χ1n) is 9.86. The molecule has 24 heavy (non-hydrogen) atoms. The standard InChI is InChI=1S/C22H37ClO/c1-5-6-7-8-9-10-11-12-13-14-16-20-17-15-18-21(19(20)2)22(3,23)24-4/h15,17-18H,5-14,16H2,1-4H3. The molecule has 1 aromatic rings. The highest BCUT2D eigenvalue weighted by Gasteiger charge is 2.25. The van der Waals surface area contributed by atoms with E-state index in [0.29, 0.717) is 0 Å². The molecule has 0 N–H and O–H groups in total. The van der Waals surface area contributed by atoms with Gasteiger partial charge in [0, 0.05) is 12.7 Å². The molecule has 0 saturated heterocycles. The van der Waals surface area contributed by atoms with E-state index in [4.69, 9.17) is 16.3 Å². The van der Waals surface area contributed by atoms with Crippen molar-refractivity contribution in [2.45, 2.75) is 96.5 Å². The number of aryl methyl sites for hydroxylation is 1. The average Bonchev–Trinajstić information content (AvgIpc) is 2.57. The minimum absolute atomic E-state index is 0.724. The largest absolute Gasteiger partial charge is 0.359 e. The van der Waals surface area contributed by atoms with Gasteiger partial charge in [0.1, 0.15) is 0 Å². The Hall–Kier alpha value is -0.530. The van der Waals surface area contributed by atoms with Crippen LogP contribution in [0.1, 0.15) is 94.7 Å². The van der Waals surface area contributed by atoms with E-state index < -0.39 is 5.06 Å². The molecular weight excluding hydrogens is 316 g/mol. The molecular formula is C22H37ClO. The average molecular weight is 353 g/mol. The van der Waals surface area contributed by atoms with E-state index in [9.17, 15) is 0 Å². The van der Waals surface area contributed by atoms with Gasteiger partial charge in [-0.25, -0.2) is 0 Å². The fourth-order valence-electron chi connectivity index (χ4n) is 3.35. The first-order valence-corrected chi connectivity index (χ1v) is 10.2. The summed E-state index contributed by atoms with van der Waals surface area (Å²) in [5.41, 5.74) is 3.79. The summed E-state index contributed by atoms with van der Waals surface area (Å²) in [6, 6.07) is 6.41. The third-order valence-electron chi connectivity index (χ3n) is 5.11. The quantitative estimate of drug-likeness (QED) is 0.263. The molecule has 0 aliphatic heterocycles. The molecule has 0 heterocycles. The number of hydrogen-bond acceptors (Lipinski definition) is 1. The second-order valence-electron chi connectivity index (χ2n) is 7.14. The van der Waals surface area contributed by atoms with Gasteiger partial charge in [0.05, 0.1) is 0 Å². The Balaban J connectivity index is 2.25. The van der Waals surface area contributed by atoms with Gasteiger partial charge in [-0.05, 0) is 37.8 Å². The van der Waals surface area contributed by atoms with Crippen LogP contribution in [0.5, 0.6) is 0 Å². The van der Waals surface area contributed by atoms with E-state index >= 15 is 0 Å². The number of alkyl halides is 1. The van der Waals surface area contributed by atoms with Crippen LogP contribution in [0.4, 0.5) is 0 Å². The summed E-state index contributed by atoms with van der Waals surface area (Å²) in [6.07, 6.45) is 15.0. The van der Waals surface area contributed by atoms with Crippen molar-refractivity contribution < 1.29 is 4.74 Å². The van der Waals surface area contributed by atoms with Crippen LogP contribution < -0.4 is 0 Å². The molecule has 1 rings (SSSR count). The van der Waals surface area contributed by atoms with Crippen molar-refractivity contribution >= 4 is 11.6 Å². The zero-order valence-corrected chi connectivity index (χ0v) is 17.1. The Morgan fingerprint density at radius 3 is 2.00 bits per heavy atom. The maximum atomic E-state index is 6.46. The number of methoxy groups -OCH3 is 1. The van der Waals surface area contributed by atoms with E-state index in [1.54, 1.807) is 7.11 Å². The highest BCUT2D eigenvalue weighted by atomic mass is 35.5. The molecule has 0 aliphatic rings. The maximum Gasteiger partial charge on any atom is 0.164 e. The third-order valence-corrected chi connectivity index (χ3v) is 5.47. The van der Waals surface area contributed by atoms with Crippen molar-refractivity contribution in [3.05, 3.63) is 34.9 Å². The van der Waals surface area contributed by atoms with Gasteiger partial charge in [0.25, 0.3) is 0 Å². The van der Waals surface area contributed by atoms with Crippen LogP contribution in [0, 0.1) is 6.92 Å². The van der Waals surface area contributed by atoms with Gasteiger partial charge >= 0.3 is 0 Å². The lowest BCUT2D eigenvalue weighted by Gasteiger charge is -2.24. The van der Waals surface area contributed by atoms with Crippen LogP contribution >= 0.6 is 11.6 Å². The van der Waals surface area contributed by atoms with Crippen LogP contribution in [-0.2, 0) is 16.2 Å². The van der Waals surface area contributed by atoms with E-state index in [1.165, 1.54) is 75.3 Å². The van der Waals surface area contributed by atoms with Gasteiger partial charge in [-0.2, -0.15) is 0 Å². The molecule has 0 fully saturated rings. The van der Waals surface area contributed by atoms with Crippen molar-refractivity contribution in [3.63, 3.8) is 0 Å². The second kappa shape index (κ2) is 11.9. The number of halogens is 1. The van der Waals surface area contributed by atoms with Crippen LogP contribution in [0.25, 0.3) is 0 Å². The molecule has 0 amide bonds. The lowest BCUT2D eigenvalue weighted by Crippen LogP contribution is -2.18. The molecule has 0 bridgehead atoms. The van der Waals surface area contributed by atoms with E-state index in [1.807, 2.05) is 6.92 Å². The smallest absolute Gasteiger partial charge is 0.164 e. The topological polar surface area (TPSA) is 9.23 Å². The number of ether oxygens (including phenoxy) is 1. The van der Waals surface area contributed by atoms with Gasteiger partial charge in [-0.15, -0.1) is 0 Å². The van der Waals surface area contributed by atoms with E-state index in [-0.39, 0.29) is 0 Å². The van der Waals surface area contributed by atoms with E-state index in [0.717, 1.165) is 12.0 Å². The summed E-state index contributed by atoms with van der Waals surface area (Å²) in [7, 11) is 1.67. The summed E-state index contributed by atoms with van der Waals surface area (Å²) < 4.78 is 5.43. The molecule has 2 heteroatoms. The summed E-state index contributed by atoms with van der Waals surface area (Å²) in [4.78, 5) is 0. The Morgan fingerprint density at radius 2 is 1.46 bits per heavy atom. The summed E-state index contributed by atoms with van der Waals surface area (Å²) >= 11 is 6.46. The third kappa shape index (κ3) is 7.57. The number of benzene rings is 1. The van der Waals surface area contributed by atoms with Crippen molar-refractivity contribution in [2.75, 3.05) is 7.11 Å². The van der Waals surface area contributed by atoms with Crippen LogP contribution in [0.15, 0.2) is 18.2 Å². The van der Waals surface area contributed by atoms with Gasteiger partial charge in [0.15, 0.2) is 5.06 Å². The summed E-state index contributed by atoms with van der Waals surface area (Å²) in [6.45, 7) is 6.36. The molecule has 0 spiro atoms. The fraction of sp³-hybridized carbons (Fsp3) is 0.727. The van der Waals surface area contributed by atoms with Crippen LogP contribution in [-0.4, -0.2) is 7.11 Å². The number of unbranched alkanes of at least 4 members (excludes halogenated alkanes) is 9. The predicted molar refractivity (Wildman–Crippen MR) is 107 cm³/mol. The van der Waals surface area contributed by atoms with Crippen LogP contribution in [0.3, 0.4) is 0 Å². The molecule has 0 saturated carbocycles. The van der Waals surface area contributed by atoms with Gasteiger partial charge < -0.3 is 4.74 Å². The lowest BCUT2D eigenvalue weighted by molar-refractivity contribution is 0.0779. The fourth-order valence-corrected chi connectivity index (χ4v) is 3.56. The predicted octanol–water partition coefficient (Wildman–Crippen LogP) is 7.52. The van der Waals surface area contributed by atoms with Gasteiger partial charge in [-0.1, -0.05) is 94.5 Å². The first-order chi connectivity index (χ1) is 11.5. The second-order valence-corrected chi connectivity index (χ2v) is 7.86. The highest BCUT2D eigenvalue weighted by molar-refractivity contribution is 6.22. The summed E-state index contributed by atoms with van der Waals surface area (Å²) in [5.74, 6) is 0. The number of rotatable bonds is 13. The van der Waals surface area contributed by atoms with Crippen molar-refractivity contribution in [1.29, 1.82) is 0 Å². The Labute approximate surface area is 155 Å². The maximum absolute atomic E-state index is 6.46. The molecule has 1 nitrogen and oxygen atoms in total. The SMILES string of the molecule is CCCCCCCCCCCCc1cccc(C(C)(Cl)OC)c1C. The zero-order chi connectivity index (χ0) is 17.8. The zero-order valence-electron chi connectivity index (χ0n) is 16.3. The lowest BCUT2D eigenvalue weighted by atomic mass is 9.95. The molecule has 1 atom stereocenters. The monoisotopic (exact) mass is 352 g/mol. The molecule has 1 unspecified atom stereocenters. The molecule has 1 aromatic carbocycles. The van der Waals surface area contributed by atoms with Gasteiger partial charge in [-0.3, -0.25) is 0 Å². The Kier molecular flexibility index (Phi) is 10.7. The normalized spacial score (nSPS) is 13.9. The van der Waals surface area contributed by atoms with E-state index in [2.05, 4.69) is 32.0 Å². The highest BCUT2D eigenvalue weighted by Crippen LogP contribution is 2.33.